The van der Waals surface area contributed by atoms with Gasteiger partial charge in [0.05, 0.1) is 6.61 Å². The first-order valence-corrected chi connectivity index (χ1v) is 8.94. The maximum atomic E-state index is 13.0. The molecule has 1 aliphatic heterocycles. The van der Waals surface area contributed by atoms with Gasteiger partial charge in [0.25, 0.3) is 11.8 Å². The number of aliphatic hydroxyl groups is 1. The molecule has 1 aromatic rings. The van der Waals surface area contributed by atoms with Gasteiger partial charge in [-0.3, -0.25) is 14.5 Å². The molecule has 0 radical (unpaired) electrons. The van der Waals surface area contributed by atoms with Crippen molar-refractivity contribution >= 4 is 35.0 Å². The number of hydrogen-bond acceptors (Lipinski definition) is 4. The number of rotatable bonds is 5. The number of fused-ring (bicyclic) bond motifs is 1. The van der Waals surface area contributed by atoms with E-state index in [4.69, 9.17) is 33.0 Å². The molecule has 26 heavy (non-hydrogen) atoms. The van der Waals surface area contributed by atoms with Crippen molar-refractivity contribution in [1.29, 1.82) is 0 Å². The van der Waals surface area contributed by atoms with E-state index in [0.717, 1.165) is 4.90 Å². The van der Waals surface area contributed by atoms with Crippen LogP contribution < -0.4 is 4.74 Å². The summed E-state index contributed by atoms with van der Waals surface area (Å²) in [6.07, 6.45) is 3.53. The quantitative estimate of drug-likeness (QED) is 0.614. The third-order valence-electron chi connectivity index (χ3n) is 5.00. The van der Waals surface area contributed by atoms with Gasteiger partial charge in [-0.1, -0.05) is 36.9 Å². The Morgan fingerprint density at radius 1 is 1.35 bits per heavy atom. The van der Waals surface area contributed by atoms with Gasteiger partial charge >= 0.3 is 0 Å². The van der Waals surface area contributed by atoms with Crippen LogP contribution in [0.2, 0.25) is 0 Å². The van der Waals surface area contributed by atoms with Crippen LogP contribution in [0, 0.1) is 0 Å². The highest BCUT2D eigenvalue weighted by Gasteiger charge is 2.72. The van der Waals surface area contributed by atoms with Crippen LogP contribution in [0.1, 0.15) is 17.9 Å². The van der Waals surface area contributed by atoms with Crippen LogP contribution in [-0.2, 0) is 9.59 Å². The molecule has 1 aliphatic carbocycles. The number of carbonyl (C=O) groups excluding carboxylic acids is 2. The minimum Gasteiger partial charge on any atom is -0.491 e. The van der Waals surface area contributed by atoms with Gasteiger partial charge in [0.2, 0.25) is 0 Å². The SMILES string of the molecule is C=CC1=CC[C@@]2(Cl)C(=O)N(C)C(=O)[C@@]2(Cl)[C@H]1c1ccccc1OCCO. The van der Waals surface area contributed by atoms with E-state index in [1.807, 2.05) is 0 Å². The number of para-hydroxylation sites is 1. The third kappa shape index (κ3) is 2.42. The fourth-order valence-corrected chi connectivity index (χ4v) is 4.64. The van der Waals surface area contributed by atoms with Crippen LogP contribution in [0.15, 0.2) is 48.6 Å². The largest absolute Gasteiger partial charge is 0.491 e. The van der Waals surface area contributed by atoms with Crippen molar-refractivity contribution in [2.45, 2.75) is 22.1 Å². The number of nitrogens with zero attached hydrogens (tertiary/aromatic N) is 1. The molecule has 1 fully saturated rings. The first-order valence-electron chi connectivity index (χ1n) is 8.18. The van der Waals surface area contributed by atoms with E-state index in [2.05, 4.69) is 6.58 Å². The molecule has 0 saturated carbocycles. The average Bonchev–Trinajstić information content (AvgIpc) is 2.78. The minimum atomic E-state index is -1.70. The lowest BCUT2D eigenvalue weighted by Gasteiger charge is -2.42. The van der Waals surface area contributed by atoms with Gasteiger partial charge in [0.15, 0.2) is 9.75 Å². The van der Waals surface area contributed by atoms with Crippen molar-refractivity contribution in [3.05, 3.63) is 54.1 Å². The molecular weight excluding hydrogens is 377 g/mol. The van der Waals surface area contributed by atoms with Crippen LogP contribution in [0.3, 0.4) is 0 Å². The summed E-state index contributed by atoms with van der Waals surface area (Å²) in [6, 6.07) is 7.06. The van der Waals surface area contributed by atoms with Gasteiger partial charge in [0, 0.05) is 18.5 Å². The monoisotopic (exact) mass is 395 g/mol. The van der Waals surface area contributed by atoms with Crippen LogP contribution in [0.4, 0.5) is 0 Å². The molecular formula is C19H19Cl2NO4. The Balaban J connectivity index is 2.23. The minimum absolute atomic E-state index is 0.0882. The Hall–Kier alpha value is -1.82. The highest BCUT2D eigenvalue weighted by molar-refractivity contribution is 6.53. The molecule has 3 atom stereocenters. The summed E-state index contributed by atoms with van der Waals surface area (Å²) in [5, 5.41) is 9.08. The molecule has 1 N–H and O–H groups in total. The van der Waals surface area contributed by atoms with Crippen LogP contribution in [0.5, 0.6) is 5.75 Å². The molecule has 7 heteroatoms. The Bertz CT molecular complexity index is 808. The summed E-state index contributed by atoms with van der Waals surface area (Å²) < 4.78 is 5.62. The predicted octanol–water partition coefficient (Wildman–Crippen LogP) is 2.61. The number of benzene rings is 1. The predicted molar refractivity (Wildman–Crippen MR) is 99.6 cm³/mol. The van der Waals surface area contributed by atoms with Crippen molar-refractivity contribution < 1.29 is 19.4 Å². The summed E-state index contributed by atoms with van der Waals surface area (Å²) in [4.78, 5) is 23.4. The molecule has 0 bridgehead atoms. The van der Waals surface area contributed by atoms with E-state index in [9.17, 15) is 9.59 Å². The van der Waals surface area contributed by atoms with E-state index in [-0.39, 0.29) is 19.6 Å². The Kier molecular flexibility index (Phi) is 4.90. The first-order chi connectivity index (χ1) is 12.3. The second-order valence-corrected chi connectivity index (χ2v) is 7.58. The number of carbonyl (C=O) groups is 2. The van der Waals surface area contributed by atoms with E-state index in [1.54, 1.807) is 36.4 Å². The fraction of sp³-hybridized carbons (Fsp3) is 0.368. The fourth-order valence-electron chi connectivity index (χ4n) is 3.72. The lowest BCUT2D eigenvalue weighted by atomic mass is 9.68. The number of allylic oxidation sites excluding steroid dienone is 3. The number of amides is 2. The normalized spacial score (nSPS) is 30.8. The molecule has 1 heterocycles. The van der Waals surface area contributed by atoms with Crippen LogP contribution in [-0.4, -0.2) is 51.8 Å². The first kappa shape index (κ1) is 19.0. The zero-order valence-corrected chi connectivity index (χ0v) is 15.8. The van der Waals surface area contributed by atoms with E-state index < -0.39 is 27.5 Å². The molecule has 0 unspecified atom stereocenters. The summed E-state index contributed by atoms with van der Waals surface area (Å²) in [5.74, 6) is -1.31. The van der Waals surface area contributed by atoms with Crippen molar-refractivity contribution in [3.8, 4) is 5.75 Å². The molecule has 3 rings (SSSR count). The summed E-state index contributed by atoms with van der Waals surface area (Å²) in [7, 11) is 1.38. The zero-order chi connectivity index (χ0) is 19.1. The number of halogens is 2. The standard InChI is InChI=1S/C19H19Cl2NO4/c1-3-12-8-9-18(20)16(24)22(2)17(25)19(18,21)15(12)13-6-4-5-7-14(13)26-11-10-23/h3-8,15,23H,1,9-11H2,2H3/t15-,18-,19+/m1/s1. The van der Waals surface area contributed by atoms with Gasteiger partial charge in [0.1, 0.15) is 12.4 Å². The summed E-state index contributed by atoms with van der Waals surface area (Å²) in [5.41, 5.74) is 1.32. The maximum Gasteiger partial charge on any atom is 0.253 e. The molecule has 5 nitrogen and oxygen atoms in total. The number of hydrogen-bond donors (Lipinski definition) is 1. The highest BCUT2D eigenvalue weighted by Crippen LogP contribution is 2.59. The number of alkyl halides is 2. The lowest BCUT2D eigenvalue weighted by molar-refractivity contribution is -0.137. The number of aliphatic hydroxyl groups excluding tert-OH is 1. The maximum absolute atomic E-state index is 13.0. The van der Waals surface area contributed by atoms with Crippen LogP contribution >= 0.6 is 23.2 Å². The van der Waals surface area contributed by atoms with E-state index >= 15 is 0 Å². The van der Waals surface area contributed by atoms with Gasteiger partial charge in [-0.05, 0) is 18.1 Å². The Labute approximate surface area is 161 Å². The number of imide groups is 1. The lowest BCUT2D eigenvalue weighted by Crippen LogP contribution is -2.55. The van der Waals surface area contributed by atoms with Crippen molar-refractivity contribution in [1.82, 2.24) is 4.90 Å². The van der Waals surface area contributed by atoms with E-state index in [1.165, 1.54) is 7.05 Å². The summed E-state index contributed by atoms with van der Waals surface area (Å²) in [6.45, 7) is 3.75. The number of likely N-dealkylation sites (tertiary alicyclic amines) is 1. The van der Waals surface area contributed by atoms with Gasteiger partial charge in [-0.25, -0.2) is 0 Å². The second kappa shape index (κ2) is 6.72. The van der Waals surface area contributed by atoms with Crippen molar-refractivity contribution in [3.63, 3.8) is 0 Å². The third-order valence-corrected chi connectivity index (χ3v) is 6.41. The van der Waals surface area contributed by atoms with Gasteiger partial charge < -0.3 is 9.84 Å². The molecule has 138 valence electrons. The van der Waals surface area contributed by atoms with Crippen molar-refractivity contribution in [2.24, 2.45) is 0 Å². The molecule has 1 aromatic carbocycles. The van der Waals surface area contributed by atoms with Gasteiger partial charge in [-0.15, -0.1) is 23.2 Å². The molecule has 0 spiro atoms. The topological polar surface area (TPSA) is 66.8 Å². The number of ether oxygens (including phenoxy) is 1. The van der Waals surface area contributed by atoms with E-state index in [0.29, 0.717) is 16.9 Å². The molecule has 2 aliphatic rings. The van der Waals surface area contributed by atoms with Crippen molar-refractivity contribution in [2.75, 3.05) is 20.3 Å². The molecule has 2 amide bonds. The summed E-state index contributed by atoms with van der Waals surface area (Å²) >= 11 is 13.6. The van der Waals surface area contributed by atoms with Gasteiger partial charge in [-0.2, -0.15) is 0 Å². The zero-order valence-electron chi connectivity index (χ0n) is 14.2. The molecule has 0 aromatic heterocycles. The molecule has 1 saturated heterocycles. The highest BCUT2D eigenvalue weighted by atomic mass is 35.5. The van der Waals surface area contributed by atoms with Crippen LogP contribution in [0.25, 0.3) is 0 Å². The second-order valence-electron chi connectivity index (χ2n) is 6.34. The Morgan fingerprint density at radius 2 is 2.04 bits per heavy atom. The smallest absolute Gasteiger partial charge is 0.253 e. The average molecular weight is 396 g/mol. The Morgan fingerprint density at radius 3 is 2.69 bits per heavy atom.